The summed E-state index contributed by atoms with van der Waals surface area (Å²) in [4.78, 5) is -0.0618. The number of hydrogen-bond acceptors (Lipinski definition) is 5. The molecule has 134 valence electrons. The van der Waals surface area contributed by atoms with Crippen molar-refractivity contribution in [2.45, 2.75) is 29.8 Å². The topological polar surface area (TPSA) is 67.9 Å². The van der Waals surface area contributed by atoms with Crippen LogP contribution in [-0.2, 0) is 14.8 Å². The van der Waals surface area contributed by atoms with Crippen molar-refractivity contribution in [3.05, 3.63) is 24.3 Å². The summed E-state index contributed by atoms with van der Waals surface area (Å²) in [6, 6.07) is 4.22. The van der Waals surface area contributed by atoms with Gasteiger partial charge in [-0.15, -0.1) is 13.2 Å². The fraction of sp³-hybridized carbons (Fsp3) is 0.571. The van der Waals surface area contributed by atoms with Gasteiger partial charge in [-0.05, 0) is 24.3 Å². The molecular formula is C14H17F3N2O4S. The minimum Gasteiger partial charge on any atom is -0.406 e. The molecule has 0 saturated carbocycles. The molecule has 0 amide bonds. The lowest BCUT2D eigenvalue weighted by atomic mass is 10.0. The van der Waals surface area contributed by atoms with E-state index in [9.17, 15) is 21.6 Å². The van der Waals surface area contributed by atoms with Gasteiger partial charge in [0.1, 0.15) is 11.5 Å². The monoisotopic (exact) mass is 366 g/mol. The van der Waals surface area contributed by atoms with Crippen molar-refractivity contribution in [2.24, 2.45) is 0 Å². The molecule has 1 spiro atoms. The lowest BCUT2D eigenvalue weighted by Crippen LogP contribution is -2.52. The number of nitrogens with zero attached hydrogens (tertiary/aromatic N) is 1. The van der Waals surface area contributed by atoms with Gasteiger partial charge in [0.15, 0.2) is 0 Å². The maximum atomic E-state index is 12.6. The largest absolute Gasteiger partial charge is 0.573 e. The molecule has 1 N–H and O–H groups in total. The molecule has 1 aromatic carbocycles. The number of piperidine rings is 1. The van der Waals surface area contributed by atoms with E-state index in [1.54, 1.807) is 0 Å². The smallest absolute Gasteiger partial charge is 0.406 e. The molecule has 2 fully saturated rings. The van der Waals surface area contributed by atoms with Crippen molar-refractivity contribution in [1.82, 2.24) is 9.62 Å². The van der Waals surface area contributed by atoms with E-state index in [0.717, 1.165) is 30.8 Å². The molecule has 6 nitrogen and oxygen atoms in total. The first-order chi connectivity index (χ1) is 11.2. The predicted molar refractivity (Wildman–Crippen MR) is 77.8 cm³/mol. The van der Waals surface area contributed by atoms with Crippen LogP contribution >= 0.6 is 0 Å². The summed E-state index contributed by atoms with van der Waals surface area (Å²) in [5.41, 5.74) is -0.448. The number of alkyl halides is 3. The highest BCUT2D eigenvalue weighted by Gasteiger charge is 2.41. The number of nitrogens with one attached hydrogen (secondary N) is 1. The van der Waals surface area contributed by atoms with E-state index in [1.165, 1.54) is 4.31 Å². The van der Waals surface area contributed by atoms with E-state index in [2.05, 4.69) is 10.1 Å². The normalized spacial score (nSPS) is 22.0. The predicted octanol–water partition coefficient (Wildman–Crippen LogP) is 1.69. The van der Waals surface area contributed by atoms with Gasteiger partial charge in [0.05, 0.1) is 11.5 Å². The van der Waals surface area contributed by atoms with Crippen LogP contribution in [0.15, 0.2) is 29.2 Å². The van der Waals surface area contributed by atoms with Crippen LogP contribution in [0.4, 0.5) is 13.2 Å². The lowest BCUT2D eigenvalue weighted by molar-refractivity contribution is -0.274. The third-order valence-electron chi connectivity index (χ3n) is 4.15. The number of sulfonamides is 1. The fourth-order valence-corrected chi connectivity index (χ4v) is 4.39. The van der Waals surface area contributed by atoms with Crippen molar-refractivity contribution in [3.8, 4) is 5.75 Å². The van der Waals surface area contributed by atoms with Crippen LogP contribution in [0.2, 0.25) is 0 Å². The fourth-order valence-electron chi connectivity index (χ4n) is 2.95. The Morgan fingerprint density at radius 2 is 1.79 bits per heavy atom. The van der Waals surface area contributed by atoms with E-state index in [1.807, 2.05) is 0 Å². The Kier molecular flexibility index (Phi) is 4.49. The summed E-state index contributed by atoms with van der Waals surface area (Å²) in [7, 11) is -3.76. The van der Waals surface area contributed by atoms with Crippen molar-refractivity contribution in [2.75, 3.05) is 26.2 Å². The van der Waals surface area contributed by atoms with Gasteiger partial charge in [0.2, 0.25) is 10.0 Å². The van der Waals surface area contributed by atoms with Crippen LogP contribution in [0, 0.1) is 0 Å². The van der Waals surface area contributed by atoms with E-state index in [4.69, 9.17) is 4.74 Å². The van der Waals surface area contributed by atoms with Crippen LogP contribution in [-0.4, -0.2) is 51.1 Å². The molecule has 10 heteroatoms. The molecule has 2 heterocycles. The van der Waals surface area contributed by atoms with Gasteiger partial charge in [-0.2, -0.15) is 4.31 Å². The molecule has 0 atom stereocenters. The Bertz CT molecular complexity index is 675. The Morgan fingerprint density at radius 1 is 1.17 bits per heavy atom. The molecule has 2 saturated heterocycles. The first kappa shape index (κ1) is 17.5. The Balaban J connectivity index is 1.69. The van der Waals surface area contributed by atoms with Crippen LogP contribution in [0.3, 0.4) is 0 Å². The summed E-state index contributed by atoms with van der Waals surface area (Å²) >= 11 is 0. The molecule has 2 aliphatic rings. The summed E-state index contributed by atoms with van der Waals surface area (Å²) in [5.74, 6) is -0.456. The maximum absolute atomic E-state index is 12.6. The highest BCUT2D eigenvalue weighted by atomic mass is 32.2. The second-order valence-electron chi connectivity index (χ2n) is 5.69. The molecule has 1 aromatic rings. The zero-order valence-electron chi connectivity index (χ0n) is 12.7. The number of rotatable bonds is 3. The summed E-state index contributed by atoms with van der Waals surface area (Å²) in [5, 5.41) is 3.25. The SMILES string of the molecule is O=S(=O)(c1ccc(OC(F)(F)F)cc1)N1CCC2(CC1)NCCO2. The number of hydrogen-bond donors (Lipinski definition) is 1. The Labute approximate surface area is 137 Å². The van der Waals surface area contributed by atoms with E-state index < -0.39 is 27.9 Å². The highest BCUT2D eigenvalue weighted by molar-refractivity contribution is 7.89. The van der Waals surface area contributed by atoms with Crippen LogP contribution in [0.25, 0.3) is 0 Å². The van der Waals surface area contributed by atoms with Gasteiger partial charge >= 0.3 is 6.36 Å². The highest BCUT2D eigenvalue weighted by Crippen LogP contribution is 2.30. The van der Waals surface area contributed by atoms with Gasteiger partial charge < -0.3 is 9.47 Å². The maximum Gasteiger partial charge on any atom is 0.573 e. The standard InChI is InChI=1S/C14H17F3N2O4S/c15-14(16,17)23-11-1-3-12(4-2-11)24(20,21)19-8-5-13(6-9-19)18-7-10-22-13/h1-4,18H,5-10H2. The number of benzene rings is 1. The molecule has 0 radical (unpaired) electrons. The minimum absolute atomic E-state index is 0.0618. The third kappa shape index (κ3) is 3.66. The molecule has 2 aliphatic heterocycles. The van der Waals surface area contributed by atoms with Gasteiger partial charge in [0.25, 0.3) is 0 Å². The quantitative estimate of drug-likeness (QED) is 0.882. The van der Waals surface area contributed by atoms with E-state index >= 15 is 0 Å². The number of ether oxygens (including phenoxy) is 2. The van der Waals surface area contributed by atoms with Gasteiger partial charge in [-0.25, -0.2) is 8.42 Å². The first-order valence-electron chi connectivity index (χ1n) is 7.45. The molecular weight excluding hydrogens is 349 g/mol. The second kappa shape index (κ2) is 6.17. The Hall–Kier alpha value is -1.36. The summed E-state index contributed by atoms with van der Waals surface area (Å²) in [6.07, 6.45) is -3.75. The zero-order valence-corrected chi connectivity index (χ0v) is 13.5. The van der Waals surface area contributed by atoms with Gasteiger partial charge in [-0.3, -0.25) is 5.32 Å². The summed E-state index contributed by atoms with van der Waals surface area (Å²) < 4.78 is 72.3. The minimum atomic E-state index is -4.81. The molecule has 0 bridgehead atoms. The van der Waals surface area contributed by atoms with E-state index in [-0.39, 0.29) is 18.0 Å². The van der Waals surface area contributed by atoms with Gasteiger partial charge in [0, 0.05) is 32.5 Å². The third-order valence-corrected chi connectivity index (χ3v) is 6.07. The number of halogens is 3. The average molecular weight is 366 g/mol. The van der Waals surface area contributed by atoms with Crippen LogP contribution in [0.5, 0.6) is 5.75 Å². The molecule has 24 heavy (non-hydrogen) atoms. The lowest BCUT2D eigenvalue weighted by Gasteiger charge is -2.37. The Morgan fingerprint density at radius 3 is 2.29 bits per heavy atom. The van der Waals surface area contributed by atoms with Crippen molar-refractivity contribution >= 4 is 10.0 Å². The first-order valence-corrected chi connectivity index (χ1v) is 8.89. The van der Waals surface area contributed by atoms with Gasteiger partial charge in [-0.1, -0.05) is 0 Å². The van der Waals surface area contributed by atoms with Crippen molar-refractivity contribution in [1.29, 1.82) is 0 Å². The molecule has 0 unspecified atom stereocenters. The van der Waals surface area contributed by atoms with Crippen LogP contribution < -0.4 is 10.1 Å². The molecule has 0 aromatic heterocycles. The van der Waals surface area contributed by atoms with E-state index in [0.29, 0.717) is 19.4 Å². The van der Waals surface area contributed by atoms with Crippen molar-refractivity contribution in [3.63, 3.8) is 0 Å². The molecule has 0 aliphatic carbocycles. The zero-order chi connectivity index (χ0) is 17.4. The second-order valence-corrected chi connectivity index (χ2v) is 7.63. The molecule has 3 rings (SSSR count). The summed E-state index contributed by atoms with van der Waals surface area (Å²) in [6.45, 7) is 1.92. The van der Waals surface area contributed by atoms with Crippen molar-refractivity contribution < 1.29 is 31.1 Å². The van der Waals surface area contributed by atoms with Crippen LogP contribution in [0.1, 0.15) is 12.8 Å². The average Bonchev–Trinajstić information content (AvgIpc) is 2.95.